The van der Waals surface area contributed by atoms with Gasteiger partial charge in [-0.05, 0) is 31.0 Å². The summed E-state index contributed by atoms with van der Waals surface area (Å²) in [6, 6.07) is 7.41. The number of benzene rings is 1. The van der Waals surface area contributed by atoms with Crippen LogP contribution in [0, 0.1) is 0 Å². The van der Waals surface area contributed by atoms with Crippen LogP contribution in [0.2, 0.25) is 0 Å². The first-order valence-corrected chi connectivity index (χ1v) is 6.66. The molecule has 6 heteroatoms. The van der Waals surface area contributed by atoms with Crippen molar-refractivity contribution in [2.45, 2.75) is 17.9 Å². The number of hydrogen-bond donors (Lipinski definition) is 2. The fraction of sp³-hybridized carbons (Fsp3) is 0.417. The molecule has 2 amide bonds. The van der Waals surface area contributed by atoms with Gasteiger partial charge in [0.1, 0.15) is 0 Å². The first kappa shape index (κ1) is 13.0. The van der Waals surface area contributed by atoms with Crippen LogP contribution in [-0.2, 0) is 4.74 Å². The molecule has 0 radical (unpaired) electrons. The smallest absolute Gasteiger partial charge is 0.322 e. The molecule has 0 saturated carbocycles. The molecule has 2 rings (SSSR count). The third kappa shape index (κ3) is 3.30. The Morgan fingerprint density at radius 3 is 3.06 bits per heavy atom. The topological polar surface area (TPSA) is 67.6 Å². The Balaban J connectivity index is 2.13. The van der Waals surface area contributed by atoms with E-state index in [0.717, 1.165) is 30.3 Å². The number of anilines is 1. The molecule has 1 aliphatic rings. The molecule has 1 aromatic carbocycles. The van der Waals surface area contributed by atoms with Crippen LogP contribution in [0.4, 0.5) is 10.5 Å². The van der Waals surface area contributed by atoms with Crippen molar-refractivity contribution in [3.63, 3.8) is 0 Å². The Hall–Kier alpha value is -1.40. The summed E-state index contributed by atoms with van der Waals surface area (Å²) in [4.78, 5) is 14.0. The van der Waals surface area contributed by atoms with E-state index in [9.17, 15) is 4.79 Å². The van der Waals surface area contributed by atoms with Crippen molar-refractivity contribution < 1.29 is 9.53 Å². The number of nitrogens with one attached hydrogen (secondary N) is 1. The maximum Gasteiger partial charge on any atom is 0.322 e. The number of primary amides is 1. The molecule has 1 unspecified atom stereocenters. The highest BCUT2D eigenvalue weighted by atomic mass is 32.2. The minimum absolute atomic E-state index is 0.223. The van der Waals surface area contributed by atoms with Gasteiger partial charge in [0.15, 0.2) is 0 Å². The third-order valence-electron chi connectivity index (χ3n) is 2.71. The molecule has 1 fully saturated rings. The largest absolute Gasteiger partial charge is 0.375 e. The van der Waals surface area contributed by atoms with Crippen LogP contribution >= 0.6 is 11.9 Å². The van der Waals surface area contributed by atoms with Crippen molar-refractivity contribution in [1.29, 1.82) is 0 Å². The lowest BCUT2D eigenvalue weighted by molar-refractivity contribution is 0.0530. The van der Waals surface area contributed by atoms with Gasteiger partial charge in [0.2, 0.25) is 0 Å². The summed E-state index contributed by atoms with van der Waals surface area (Å²) >= 11 is 1.24. The maximum atomic E-state index is 10.8. The van der Waals surface area contributed by atoms with Crippen LogP contribution in [-0.4, -0.2) is 31.8 Å². The Labute approximate surface area is 111 Å². The summed E-state index contributed by atoms with van der Waals surface area (Å²) in [7, 11) is 0. The van der Waals surface area contributed by atoms with E-state index in [1.165, 1.54) is 11.9 Å². The highest BCUT2D eigenvalue weighted by Gasteiger charge is 2.19. The molecule has 1 atom stereocenters. The van der Waals surface area contributed by atoms with Crippen LogP contribution in [0.3, 0.4) is 0 Å². The molecule has 1 saturated heterocycles. The highest BCUT2D eigenvalue weighted by Crippen LogP contribution is 2.29. The molecule has 5 nitrogen and oxygen atoms in total. The van der Waals surface area contributed by atoms with E-state index in [4.69, 9.17) is 10.5 Å². The Morgan fingerprint density at radius 2 is 2.33 bits per heavy atom. The van der Waals surface area contributed by atoms with Gasteiger partial charge in [-0.3, -0.25) is 4.72 Å². The molecule has 0 bridgehead atoms. The summed E-state index contributed by atoms with van der Waals surface area (Å²) in [5.41, 5.74) is 6.19. The number of nitrogens with two attached hydrogens (primary N) is 1. The van der Waals surface area contributed by atoms with Gasteiger partial charge in [0, 0.05) is 13.1 Å². The number of morpholine rings is 1. The Bertz CT molecular complexity index is 428. The average Bonchev–Trinajstić information content (AvgIpc) is 2.36. The number of urea groups is 1. The van der Waals surface area contributed by atoms with Crippen molar-refractivity contribution in [3.8, 4) is 0 Å². The van der Waals surface area contributed by atoms with Crippen molar-refractivity contribution in [2.24, 2.45) is 5.73 Å². The highest BCUT2D eigenvalue weighted by molar-refractivity contribution is 7.98. The first-order valence-electron chi connectivity index (χ1n) is 5.84. The number of para-hydroxylation sites is 1. The number of carbonyl (C=O) groups is 1. The SMILES string of the molecule is CC1CN(c2ccccc2SNC(N)=O)CCO1. The quantitative estimate of drug-likeness (QED) is 0.816. The number of rotatable bonds is 3. The van der Waals surface area contributed by atoms with Gasteiger partial charge in [0.25, 0.3) is 0 Å². The summed E-state index contributed by atoms with van der Waals surface area (Å²) in [6.07, 6.45) is 0.223. The van der Waals surface area contributed by atoms with Gasteiger partial charge < -0.3 is 15.4 Å². The summed E-state index contributed by atoms with van der Waals surface area (Å²) in [5, 5.41) is 0. The van der Waals surface area contributed by atoms with Crippen molar-refractivity contribution in [1.82, 2.24) is 4.72 Å². The second kappa shape index (κ2) is 5.97. The molecule has 0 spiro atoms. The van der Waals surface area contributed by atoms with Crippen LogP contribution in [0.25, 0.3) is 0 Å². The molecule has 1 aliphatic heterocycles. The van der Waals surface area contributed by atoms with E-state index in [1.54, 1.807) is 0 Å². The van der Waals surface area contributed by atoms with E-state index >= 15 is 0 Å². The van der Waals surface area contributed by atoms with E-state index < -0.39 is 6.03 Å². The molecule has 1 heterocycles. The van der Waals surface area contributed by atoms with Crippen molar-refractivity contribution in [2.75, 3.05) is 24.6 Å². The van der Waals surface area contributed by atoms with Crippen molar-refractivity contribution in [3.05, 3.63) is 24.3 Å². The lowest BCUT2D eigenvalue weighted by Crippen LogP contribution is -2.41. The van der Waals surface area contributed by atoms with Gasteiger partial charge in [0.05, 0.1) is 23.3 Å². The lowest BCUT2D eigenvalue weighted by atomic mass is 10.2. The number of carbonyl (C=O) groups excluding carboxylic acids is 1. The molecule has 98 valence electrons. The van der Waals surface area contributed by atoms with Crippen molar-refractivity contribution >= 4 is 23.7 Å². The lowest BCUT2D eigenvalue weighted by Gasteiger charge is -2.33. The van der Waals surface area contributed by atoms with Crippen LogP contribution in [0.1, 0.15) is 6.92 Å². The summed E-state index contributed by atoms with van der Waals surface area (Å²) in [6.45, 7) is 4.50. The molecular weight excluding hydrogens is 250 g/mol. The minimum Gasteiger partial charge on any atom is -0.375 e. The van der Waals surface area contributed by atoms with E-state index in [-0.39, 0.29) is 6.10 Å². The molecule has 3 N–H and O–H groups in total. The predicted molar refractivity (Wildman–Crippen MR) is 72.6 cm³/mol. The molecule has 0 aromatic heterocycles. The molecule has 1 aromatic rings. The Kier molecular flexibility index (Phi) is 4.33. The summed E-state index contributed by atoms with van der Waals surface area (Å²) < 4.78 is 8.08. The second-order valence-electron chi connectivity index (χ2n) is 4.16. The van der Waals surface area contributed by atoms with Gasteiger partial charge in [-0.2, -0.15) is 0 Å². The van der Waals surface area contributed by atoms with Crippen LogP contribution in [0.5, 0.6) is 0 Å². The third-order valence-corrected chi connectivity index (χ3v) is 3.58. The van der Waals surface area contributed by atoms with Gasteiger partial charge >= 0.3 is 6.03 Å². The standard InChI is InChI=1S/C12H17N3O2S/c1-9-8-15(6-7-17-9)10-4-2-3-5-11(10)18-14-12(13)16/h2-5,9H,6-8H2,1H3,(H3,13,14,16). The van der Waals surface area contributed by atoms with E-state index in [2.05, 4.69) is 16.5 Å². The van der Waals surface area contributed by atoms with Crippen LogP contribution < -0.4 is 15.4 Å². The molecular formula is C12H17N3O2S. The number of nitrogens with zero attached hydrogens (tertiary/aromatic N) is 1. The van der Waals surface area contributed by atoms with Crippen LogP contribution in [0.15, 0.2) is 29.2 Å². The Morgan fingerprint density at radius 1 is 1.56 bits per heavy atom. The zero-order chi connectivity index (χ0) is 13.0. The van der Waals surface area contributed by atoms with Gasteiger partial charge in [-0.15, -0.1) is 0 Å². The first-order chi connectivity index (χ1) is 8.66. The zero-order valence-electron chi connectivity index (χ0n) is 10.3. The molecule has 0 aliphatic carbocycles. The zero-order valence-corrected chi connectivity index (χ0v) is 11.1. The number of amides is 2. The maximum absolute atomic E-state index is 10.8. The number of hydrogen-bond acceptors (Lipinski definition) is 4. The predicted octanol–water partition coefficient (Wildman–Crippen LogP) is 1.59. The fourth-order valence-corrected chi connectivity index (χ4v) is 2.61. The normalized spacial score (nSPS) is 19.6. The summed E-state index contributed by atoms with van der Waals surface area (Å²) in [5.74, 6) is 0. The number of ether oxygens (including phenoxy) is 1. The average molecular weight is 267 g/mol. The van der Waals surface area contributed by atoms with E-state index in [1.807, 2.05) is 24.3 Å². The van der Waals surface area contributed by atoms with Gasteiger partial charge in [-0.1, -0.05) is 12.1 Å². The van der Waals surface area contributed by atoms with Gasteiger partial charge in [-0.25, -0.2) is 4.79 Å². The minimum atomic E-state index is -0.537. The fourth-order valence-electron chi connectivity index (χ4n) is 1.95. The second-order valence-corrected chi connectivity index (χ2v) is 5.01. The monoisotopic (exact) mass is 267 g/mol. The van der Waals surface area contributed by atoms with E-state index in [0.29, 0.717) is 0 Å². The molecule has 18 heavy (non-hydrogen) atoms.